The van der Waals surface area contributed by atoms with Crippen LogP contribution in [0.5, 0.6) is 0 Å². The molecule has 3 amide bonds. The minimum Gasteiger partial charge on any atom is -0.309 e. The first-order valence-electron chi connectivity index (χ1n) is 9.30. The molecule has 2 unspecified atom stereocenters. The Hall–Kier alpha value is -3.02. The van der Waals surface area contributed by atoms with Crippen LogP contribution < -0.4 is 5.32 Å². The normalized spacial score (nSPS) is 21.9. The number of nitrogens with one attached hydrogen (secondary N) is 1. The van der Waals surface area contributed by atoms with Gasteiger partial charge in [0.15, 0.2) is 0 Å². The van der Waals surface area contributed by atoms with Gasteiger partial charge in [-0.15, -0.1) is 0 Å². The van der Waals surface area contributed by atoms with Gasteiger partial charge >= 0.3 is 0 Å². The van der Waals surface area contributed by atoms with E-state index in [-0.39, 0.29) is 30.2 Å². The highest BCUT2D eigenvalue weighted by atomic mass is 16.2. The first kappa shape index (κ1) is 17.4. The monoisotopic (exact) mass is 363 g/mol. The van der Waals surface area contributed by atoms with E-state index in [1.165, 1.54) is 0 Å². The van der Waals surface area contributed by atoms with E-state index < -0.39 is 5.91 Å². The molecule has 2 aliphatic rings. The lowest BCUT2D eigenvalue weighted by Gasteiger charge is -2.19. The Labute approximate surface area is 157 Å². The molecule has 2 atom stereocenters. The van der Waals surface area contributed by atoms with Crippen LogP contribution in [0.4, 0.5) is 5.82 Å². The minimum atomic E-state index is -0.407. The molecule has 2 aromatic rings. The molecule has 0 bridgehead atoms. The average Bonchev–Trinajstić information content (AvgIpc) is 2.94. The molecule has 6 heteroatoms. The van der Waals surface area contributed by atoms with Crippen LogP contribution in [0.25, 0.3) is 11.1 Å². The van der Waals surface area contributed by atoms with Gasteiger partial charge in [0, 0.05) is 11.8 Å². The van der Waals surface area contributed by atoms with E-state index in [1.807, 2.05) is 36.4 Å². The van der Waals surface area contributed by atoms with Gasteiger partial charge in [-0.05, 0) is 30.5 Å². The van der Waals surface area contributed by atoms with Gasteiger partial charge in [0.05, 0.1) is 11.8 Å². The Kier molecular flexibility index (Phi) is 4.71. The number of rotatable bonds is 4. The van der Waals surface area contributed by atoms with E-state index in [0.29, 0.717) is 5.82 Å². The zero-order valence-electron chi connectivity index (χ0n) is 14.9. The van der Waals surface area contributed by atoms with Gasteiger partial charge in [0.2, 0.25) is 17.7 Å². The number of pyridine rings is 1. The first-order chi connectivity index (χ1) is 13.1. The largest absolute Gasteiger partial charge is 0.309 e. The number of hydrogen-bond acceptors (Lipinski definition) is 4. The van der Waals surface area contributed by atoms with Crippen molar-refractivity contribution in [3.05, 3.63) is 48.7 Å². The van der Waals surface area contributed by atoms with E-state index in [0.717, 1.165) is 41.7 Å². The molecule has 1 aliphatic carbocycles. The molecule has 1 N–H and O–H groups in total. The van der Waals surface area contributed by atoms with Crippen LogP contribution in [0, 0.1) is 11.8 Å². The first-order valence-corrected chi connectivity index (χ1v) is 9.30. The smallest absolute Gasteiger partial charge is 0.245 e. The third-order valence-electron chi connectivity index (χ3n) is 5.37. The number of hydrogen-bond donors (Lipinski definition) is 1. The molecule has 2 fully saturated rings. The summed E-state index contributed by atoms with van der Waals surface area (Å²) in [6.07, 6.45) is 5.12. The Balaban J connectivity index is 1.39. The highest BCUT2D eigenvalue weighted by molar-refractivity contribution is 6.08. The van der Waals surface area contributed by atoms with Crippen molar-refractivity contribution in [2.24, 2.45) is 11.8 Å². The minimum absolute atomic E-state index is 0.202. The quantitative estimate of drug-likeness (QED) is 0.847. The number of carbonyl (C=O) groups is 3. The fraction of sp³-hybridized carbons (Fsp3) is 0.333. The molecule has 1 saturated carbocycles. The van der Waals surface area contributed by atoms with Crippen LogP contribution in [-0.4, -0.2) is 34.2 Å². The number of anilines is 1. The van der Waals surface area contributed by atoms with Crippen molar-refractivity contribution in [1.82, 2.24) is 9.88 Å². The fourth-order valence-corrected chi connectivity index (χ4v) is 3.98. The summed E-state index contributed by atoms with van der Waals surface area (Å²) in [5, 5.41) is 2.67. The Morgan fingerprint density at radius 1 is 0.963 bits per heavy atom. The van der Waals surface area contributed by atoms with Crippen molar-refractivity contribution in [3.8, 4) is 11.1 Å². The summed E-state index contributed by atoms with van der Waals surface area (Å²) in [5.74, 6) is -0.879. The molecule has 1 aliphatic heterocycles. The average molecular weight is 363 g/mol. The van der Waals surface area contributed by atoms with Gasteiger partial charge in [-0.1, -0.05) is 43.2 Å². The molecular formula is C21H21N3O3. The van der Waals surface area contributed by atoms with Gasteiger partial charge < -0.3 is 5.32 Å². The number of nitrogens with zero attached hydrogens (tertiary/aromatic N) is 2. The molecule has 6 nitrogen and oxygen atoms in total. The van der Waals surface area contributed by atoms with Crippen LogP contribution in [0.1, 0.15) is 25.7 Å². The summed E-state index contributed by atoms with van der Waals surface area (Å²) in [6, 6.07) is 13.4. The fourth-order valence-electron chi connectivity index (χ4n) is 3.98. The zero-order valence-corrected chi connectivity index (χ0v) is 14.9. The number of imide groups is 1. The summed E-state index contributed by atoms with van der Waals surface area (Å²) in [7, 11) is 0. The number of carbonyl (C=O) groups excluding carboxylic acids is 3. The van der Waals surface area contributed by atoms with Crippen molar-refractivity contribution in [2.45, 2.75) is 25.7 Å². The van der Waals surface area contributed by atoms with Crippen LogP contribution >= 0.6 is 0 Å². The number of aromatic nitrogens is 1. The van der Waals surface area contributed by atoms with Crippen LogP contribution in [-0.2, 0) is 14.4 Å². The number of likely N-dealkylation sites (tertiary alicyclic amines) is 1. The van der Waals surface area contributed by atoms with E-state index >= 15 is 0 Å². The summed E-state index contributed by atoms with van der Waals surface area (Å²) < 4.78 is 0. The van der Waals surface area contributed by atoms with Crippen molar-refractivity contribution in [2.75, 3.05) is 11.9 Å². The van der Waals surface area contributed by atoms with Gasteiger partial charge in [-0.3, -0.25) is 19.3 Å². The van der Waals surface area contributed by atoms with Gasteiger partial charge in [-0.2, -0.15) is 0 Å². The van der Waals surface area contributed by atoms with E-state index in [4.69, 9.17) is 0 Å². The van der Waals surface area contributed by atoms with Crippen LogP contribution in [0.3, 0.4) is 0 Å². The van der Waals surface area contributed by atoms with Crippen LogP contribution in [0.2, 0.25) is 0 Å². The van der Waals surface area contributed by atoms with Crippen molar-refractivity contribution < 1.29 is 14.4 Å². The molecule has 138 valence electrons. The molecular weight excluding hydrogens is 342 g/mol. The summed E-state index contributed by atoms with van der Waals surface area (Å²) in [5.41, 5.74) is 1.99. The maximum absolute atomic E-state index is 12.4. The van der Waals surface area contributed by atoms with Crippen molar-refractivity contribution >= 4 is 23.5 Å². The molecule has 1 aromatic heterocycles. The topological polar surface area (TPSA) is 79.4 Å². The standard InChI is InChI=1S/C21H21N3O3/c25-19(13-24-20(26)16-8-4-5-9-17(16)21(24)27)23-18-11-10-15(12-22-18)14-6-2-1-3-7-14/h1-3,6-7,10-12,16-17H,4-5,8-9,13H2,(H,22,23,25). The van der Waals surface area contributed by atoms with Crippen molar-refractivity contribution in [1.29, 1.82) is 0 Å². The molecule has 0 spiro atoms. The predicted molar refractivity (Wildman–Crippen MR) is 100 cm³/mol. The Morgan fingerprint density at radius 3 is 2.22 bits per heavy atom. The van der Waals surface area contributed by atoms with Crippen LogP contribution in [0.15, 0.2) is 48.7 Å². The zero-order chi connectivity index (χ0) is 18.8. The molecule has 1 aromatic carbocycles. The lowest BCUT2D eigenvalue weighted by Crippen LogP contribution is -2.38. The lowest BCUT2D eigenvalue weighted by atomic mass is 9.81. The van der Waals surface area contributed by atoms with Gasteiger partial charge in [-0.25, -0.2) is 4.98 Å². The molecule has 4 rings (SSSR count). The second-order valence-corrected chi connectivity index (χ2v) is 7.11. The van der Waals surface area contributed by atoms with Crippen molar-refractivity contribution in [3.63, 3.8) is 0 Å². The second kappa shape index (κ2) is 7.31. The Morgan fingerprint density at radius 2 is 1.63 bits per heavy atom. The molecule has 1 saturated heterocycles. The maximum Gasteiger partial charge on any atom is 0.245 e. The van der Waals surface area contributed by atoms with E-state index in [9.17, 15) is 14.4 Å². The van der Waals surface area contributed by atoms with E-state index in [1.54, 1.807) is 12.3 Å². The van der Waals surface area contributed by atoms with E-state index in [2.05, 4.69) is 10.3 Å². The highest BCUT2D eigenvalue weighted by Crippen LogP contribution is 2.37. The third-order valence-corrected chi connectivity index (χ3v) is 5.37. The van der Waals surface area contributed by atoms with Gasteiger partial charge in [0.1, 0.15) is 12.4 Å². The Bertz CT molecular complexity index is 840. The maximum atomic E-state index is 12.4. The predicted octanol–water partition coefficient (Wildman–Crippen LogP) is 2.86. The molecule has 27 heavy (non-hydrogen) atoms. The highest BCUT2D eigenvalue weighted by Gasteiger charge is 2.48. The number of benzene rings is 1. The summed E-state index contributed by atoms with van der Waals surface area (Å²) >= 11 is 0. The number of fused-ring (bicyclic) bond motifs is 1. The molecule has 0 radical (unpaired) electrons. The SMILES string of the molecule is O=C(CN1C(=O)C2CCCCC2C1=O)Nc1ccc(-c2ccccc2)cn1. The number of amides is 3. The van der Waals surface area contributed by atoms with Gasteiger partial charge in [0.25, 0.3) is 0 Å². The second-order valence-electron chi connectivity index (χ2n) is 7.11. The third kappa shape index (κ3) is 3.47. The molecule has 2 heterocycles. The summed E-state index contributed by atoms with van der Waals surface area (Å²) in [6.45, 7) is -0.243. The summed E-state index contributed by atoms with van der Waals surface area (Å²) in [4.78, 5) is 42.6. The lowest BCUT2D eigenvalue weighted by molar-refractivity contribution is -0.142.